The highest BCUT2D eigenvalue weighted by atomic mass is 16.3. The summed E-state index contributed by atoms with van der Waals surface area (Å²) < 4.78 is 0. The number of hydrogen-bond acceptors (Lipinski definition) is 2. The molecular weight excluding hydrogens is 344 g/mol. The van der Waals surface area contributed by atoms with Crippen LogP contribution >= 0.6 is 0 Å². The Labute approximate surface area is 169 Å². The Morgan fingerprint density at radius 3 is 2.46 bits per heavy atom. The first-order valence-corrected chi connectivity index (χ1v) is 11.5. The molecule has 0 aromatic heterocycles. The lowest BCUT2D eigenvalue weighted by Crippen LogP contribution is -2.53. The molecule has 2 heteroatoms. The van der Waals surface area contributed by atoms with Gasteiger partial charge in [-0.15, -0.1) is 0 Å². The lowest BCUT2D eigenvalue weighted by molar-refractivity contribution is -0.116. The van der Waals surface area contributed by atoms with Gasteiger partial charge in [0.15, 0.2) is 0 Å². The van der Waals surface area contributed by atoms with Gasteiger partial charge in [0.05, 0.1) is 6.10 Å². The van der Waals surface area contributed by atoms with E-state index in [2.05, 4.69) is 18.8 Å². The second-order valence-corrected chi connectivity index (χ2v) is 10.4. The molecule has 0 aliphatic heterocycles. The average Bonchev–Trinajstić information content (AvgIpc) is 3.05. The van der Waals surface area contributed by atoms with E-state index in [9.17, 15) is 10.2 Å². The molecule has 0 spiro atoms. The summed E-state index contributed by atoms with van der Waals surface area (Å²) in [4.78, 5) is 0. The second-order valence-electron chi connectivity index (χ2n) is 10.4. The zero-order chi connectivity index (χ0) is 19.4. The van der Waals surface area contributed by atoms with Crippen LogP contribution < -0.4 is 0 Å². The summed E-state index contributed by atoms with van der Waals surface area (Å²) in [6, 6.07) is 10.1. The summed E-state index contributed by atoms with van der Waals surface area (Å²) >= 11 is 0. The van der Waals surface area contributed by atoms with E-state index >= 15 is 0 Å². The first-order valence-electron chi connectivity index (χ1n) is 11.5. The van der Waals surface area contributed by atoms with Crippen molar-refractivity contribution in [3.63, 3.8) is 0 Å². The molecule has 4 saturated carbocycles. The van der Waals surface area contributed by atoms with E-state index in [-0.39, 0.29) is 6.10 Å². The van der Waals surface area contributed by atoms with Gasteiger partial charge >= 0.3 is 0 Å². The van der Waals surface area contributed by atoms with Crippen LogP contribution in [0.1, 0.15) is 70.3 Å². The molecule has 2 nitrogen and oxygen atoms in total. The molecule has 0 saturated heterocycles. The van der Waals surface area contributed by atoms with E-state index in [0.29, 0.717) is 23.2 Å². The Kier molecular flexibility index (Phi) is 4.61. The standard InChI is InChI=1S/C26H34O2/c1-25-14-12-20(27)17-19(25)7-8-21-22-13-16-26(28,24(22)10-9-23(21)25)15-11-18-5-3-2-4-6-18/h2-6,19-24,27-28H,7-10,12-14,16-17H2,1H3/t19-,20-,21+,22+,23-,24-,25+,26-/m0/s1. The number of rotatable bonds is 0. The fourth-order valence-corrected chi connectivity index (χ4v) is 7.78. The first-order chi connectivity index (χ1) is 13.5. The van der Waals surface area contributed by atoms with E-state index in [1.165, 1.54) is 25.7 Å². The number of hydrogen-bond donors (Lipinski definition) is 2. The van der Waals surface area contributed by atoms with E-state index in [1.807, 2.05) is 30.3 Å². The van der Waals surface area contributed by atoms with E-state index in [4.69, 9.17) is 0 Å². The fourth-order valence-electron chi connectivity index (χ4n) is 7.78. The molecule has 4 fully saturated rings. The molecule has 1 aromatic rings. The predicted octanol–water partition coefficient (Wildman–Crippen LogP) is 4.78. The third kappa shape index (κ3) is 2.94. The van der Waals surface area contributed by atoms with Crippen LogP contribution in [0, 0.1) is 46.8 Å². The molecule has 0 bridgehead atoms. The minimum atomic E-state index is -0.800. The van der Waals surface area contributed by atoms with Crippen molar-refractivity contribution in [1.29, 1.82) is 0 Å². The van der Waals surface area contributed by atoms with E-state index < -0.39 is 5.60 Å². The molecule has 0 heterocycles. The van der Waals surface area contributed by atoms with Crippen LogP contribution in [0.2, 0.25) is 0 Å². The number of benzene rings is 1. The maximum atomic E-state index is 11.5. The van der Waals surface area contributed by atoms with Crippen LogP contribution in [-0.2, 0) is 0 Å². The topological polar surface area (TPSA) is 40.5 Å². The molecule has 4 aliphatic rings. The molecule has 0 radical (unpaired) electrons. The highest BCUT2D eigenvalue weighted by Gasteiger charge is 2.59. The van der Waals surface area contributed by atoms with Gasteiger partial charge in [-0.05, 0) is 99.0 Å². The monoisotopic (exact) mass is 378 g/mol. The van der Waals surface area contributed by atoms with Crippen molar-refractivity contribution in [2.75, 3.05) is 0 Å². The summed E-state index contributed by atoms with van der Waals surface area (Å²) in [5.41, 5.74) is 0.608. The van der Waals surface area contributed by atoms with Gasteiger partial charge in [0.25, 0.3) is 0 Å². The molecule has 0 amide bonds. The van der Waals surface area contributed by atoms with Crippen molar-refractivity contribution in [1.82, 2.24) is 0 Å². The number of aliphatic hydroxyl groups is 2. The molecule has 4 aliphatic carbocycles. The van der Waals surface area contributed by atoms with Gasteiger partial charge in [-0.2, -0.15) is 0 Å². The number of aliphatic hydroxyl groups excluding tert-OH is 1. The Morgan fingerprint density at radius 1 is 0.893 bits per heavy atom. The Hall–Kier alpha value is -1.30. The summed E-state index contributed by atoms with van der Waals surface area (Å²) in [5.74, 6) is 9.79. The molecule has 150 valence electrons. The maximum absolute atomic E-state index is 11.5. The molecule has 8 atom stereocenters. The van der Waals surface area contributed by atoms with E-state index in [1.54, 1.807) is 0 Å². The predicted molar refractivity (Wildman–Crippen MR) is 111 cm³/mol. The Morgan fingerprint density at radius 2 is 1.64 bits per heavy atom. The van der Waals surface area contributed by atoms with Crippen molar-refractivity contribution in [3.05, 3.63) is 35.9 Å². The van der Waals surface area contributed by atoms with Crippen LogP contribution in [0.15, 0.2) is 30.3 Å². The average molecular weight is 379 g/mol. The number of fused-ring (bicyclic) bond motifs is 5. The molecule has 0 unspecified atom stereocenters. The quantitative estimate of drug-likeness (QED) is 0.638. The summed E-state index contributed by atoms with van der Waals surface area (Å²) in [7, 11) is 0. The van der Waals surface area contributed by atoms with Crippen LogP contribution in [0.5, 0.6) is 0 Å². The first kappa shape index (κ1) is 18.7. The third-order valence-corrected chi connectivity index (χ3v) is 9.24. The lowest BCUT2D eigenvalue weighted by atomic mass is 9.47. The van der Waals surface area contributed by atoms with Crippen LogP contribution in [0.3, 0.4) is 0 Å². The SMILES string of the molecule is C[C@@]12CC[C@H](O)C[C@@H]1CC[C@@H]1[C@H]3CC[C@@](O)(C#Cc4ccccc4)[C@H]3CC[C@@H]12. The van der Waals surface area contributed by atoms with Gasteiger partial charge in [0.1, 0.15) is 5.60 Å². The Bertz CT molecular complexity index is 777. The zero-order valence-corrected chi connectivity index (χ0v) is 17.1. The normalized spacial score (nSPS) is 47.2. The highest BCUT2D eigenvalue weighted by Crippen LogP contribution is 2.64. The Balaban J connectivity index is 1.37. The minimum absolute atomic E-state index is 0.0733. The van der Waals surface area contributed by atoms with Crippen LogP contribution in [0.4, 0.5) is 0 Å². The molecule has 5 rings (SSSR count). The van der Waals surface area contributed by atoms with Crippen LogP contribution in [-0.4, -0.2) is 21.9 Å². The zero-order valence-electron chi connectivity index (χ0n) is 17.1. The van der Waals surface area contributed by atoms with Crippen molar-refractivity contribution in [2.45, 2.75) is 76.4 Å². The van der Waals surface area contributed by atoms with Gasteiger partial charge in [-0.3, -0.25) is 0 Å². The van der Waals surface area contributed by atoms with Gasteiger partial charge in [0.2, 0.25) is 0 Å². The minimum Gasteiger partial charge on any atom is -0.393 e. The van der Waals surface area contributed by atoms with Gasteiger partial charge in [0, 0.05) is 11.5 Å². The summed E-state index contributed by atoms with van der Waals surface area (Å²) in [5, 5.41) is 21.6. The van der Waals surface area contributed by atoms with Gasteiger partial charge in [-0.1, -0.05) is 37.0 Å². The molecule has 2 N–H and O–H groups in total. The largest absolute Gasteiger partial charge is 0.393 e. The van der Waals surface area contributed by atoms with Crippen molar-refractivity contribution in [2.24, 2.45) is 35.0 Å². The van der Waals surface area contributed by atoms with Gasteiger partial charge in [-0.25, -0.2) is 0 Å². The van der Waals surface area contributed by atoms with Crippen LogP contribution in [0.25, 0.3) is 0 Å². The molecular formula is C26H34O2. The fraction of sp³-hybridized carbons (Fsp3) is 0.692. The molecule has 1 aromatic carbocycles. The van der Waals surface area contributed by atoms with Crippen molar-refractivity contribution >= 4 is 0 Å². The third-order valence-electron chi connectivity index (χ3n) is 9.24. The van der Waals surface area contributed by atoms with Crippen molar-refractivity contribution in [3.8, 4) is 11.8 Å². The van der Waals surface area contributed by atoms with E-state index in [0.717, 1.165) is 49.5 Å². The maximum Gasteiger partial charge on any atom is 0.128 e. The smallest absolute Gasteiger partial charge is 0.128 e. The second kappa shape index (κ2) is 6.89. The highest BCUT2D eigenvalue weighted by molar-refractivity contribution is 5.37. The lowest BCUT2D eigenvalue weighted by Gasteiger charge is -2.59. The summed E-state index contributed by atoms with van der Waals surface area (Å²) in [6.45, 7) is 2.52. The van der Waals surface area contributed by atoms with Gasteiger partial charge < -0.3 is 10.2 Å². The molecule has 28 heavy (non-hydrogen) atoms. The van der Waals surface area contributed by atoms with Crippen molar-refractivity contribution < 1.29 is 10.2 Å². The summed E-state index contributed by atoms with van der Waals surface area (Å²) in [6.07, 6.45) is 10.0.